The summed E-state index contributed by atoms with van der Waals surface area (Å²) >= 11 is 0. The highest BCUT2D eigenvalue weighted by Gasteiger charge is 2.18. The molecule has 0 bridgehead atoms. The maximum absolute atomic E-state index is 11.8. The molecule has 0 radical (unpaired) electrons. The molecule has 2 aromatic rings. The van der Waals surface area contributed by atoms with Crippen LogP contribution >= 0.6 is 0 Å². The smallest absolute Gasteiger partial charge is 0.273 e. The summed E-state index contributed by atoms with van der Waals surface area (Å²) in [7, 11) is -1.98. The molecule has 102 valence electrons. The average molecular weight is 284 g/mol. The Balaban J connectivity index is 1.98. The standard InChI is InChI=1S/C10H12N4O4S/c1-14-7-11-13-9(14)4-5-12-19(16,17)10-3-2-8(6-15)18-10/h2-3,6-7,12H,4-5H2,1H3. The van der Waals surface area contributed by atoms with Gasteiger partial charge in [-0.2, -0.15) is 0 Å². The highest BCUT2D eigenvalue weighted by atomic mass is 32.2. The lowest BCUT2D eigenvalue weighted by molar-refractivity contribution is 0.109. The predicted octanol–water partition coefficient (Wildman–Crippen LogP) is -0.258. The van der Waals surface area contributed by atoms with Gasteiger partial charge in [0.2, 0.25) is 5.09 Å². The fourth-order valence-electron chi connectivity index (χ4n) is 1.44. The molecule has 2 rings (SSSR count). The van der Waals surface area contributed by atoms with Crippen molar-refractivity contribution in [2.45, 2.75) is 11.5 Å². The van der Waals surface area contributed by atoms with E-state index < -0.39 is 10.0 Å². The van der Waals surface area contributed by atoms with Crippen LogP contribution in [-0.2, 0) is 23.5 Å². The number of nitrogens with one attached hydrogen (secondary N) is 1. The molecule has 0 fully saturated rings. The maximum Gasteiger partial charge on any atom is 0.273 e. The summed E-state index contributed by atoms with van der Waals surface area (Å²) in [4.78, 5) is 10.4. The van der Waals surface area contributed by atoms with Crippen molar-refractivity contribution in [1.82, 2.24) is 19.5 Å². The van der Waals surface area contributed by atoms with E-state index in [0.717, 1.165) is 0 Å². The number of furan rings is 1. The zero-order valence-electron chi connectivity index (χ0n) is 10.1. The van der Waals surface area contributed by atoms with Crippen LogP contribution in [0.3, 0.4) is 0 Å². The fourth-order valence-corrected chi connectivity index (χ4v) is 2.41. The predicted molar refractivity (Wildman–Crippen MR) is 64.0 cm³/mol. The number of nitrogens with zero attached hydrogens (tertiary/aromatic N) is 3. The summed E-state index contributed by atoms with van der Waals surface area (Å²) in [5, 5.41) is 7.24. The van der Waals surface area contributed by atoms with Crippen LogP contribution in [0.4, 0.5) is 0 Å². The molecule has 0 saturated heterocycles. The maximum atomic E-state index is 11.8. The third-order valence-corrected chi connectivity index (χ3v) is 3.76. The monoisotopic (exact) mass is 284 g/mol. The first-order valence-corrected chi connectivity index (χ1v) is 6.89. The first-order valence-electron chi connectivity index (χ1n) is 5.40. The Bertz CT molecular complexity index is 673. The average Bonchev–Trinajstić information content (AvgIpc) is 2.99. The van der Waals surface area contributed by atoms with Gasteiger partial charge in [-0.1, -0.05) is 0 Å². The second-order valence-electron chi connectivity index (χ2n) is 3.78. The zero-order valence-corrected chi connectivity index (χ0v) is 10.9. The number of sulfonamides is 1. The number of aryl methyl sites for hydroxylation is 1. The lowest BCUT2D eigenvalue weighted by atomic mass is 10.4. The Hall–Kier alpha value is -2.00. The molecule has 0 spiro atoms. The lowest BCUT2D eigenvalue weighted by Crippen LogP contribution is -2.26. The minimum Gasteiger partial charge on any atom is -0.440 e. The van der Waals surface area contributed by atoms with Crippen LogP contribution in [0.25, 0.3) is 0 Å². The van der Waals surface area contributed by atoms with Crippen molar-refractivity contribution in [2.24, 2.45) is 7.05 Å². The summed E-state index contributed by atoms with van der Waals surface area (Å²) in [5.41, 5.74) is 0. The highest BCUT2D eigenvalue weighted by Crippen LogP contribution is 2.12. The first-order chi connectivity index (χ1) is 9.03. The summed E-state index contributed by atoms with van der Waals surface area (Å²) in [5.74, 6) is 0.629. The molecule has 0 saturated carbocycles. The van der Waals surface area contributed by atoms with E-state index in [4.69, 9.17) is 4.42 Å². The van der Waals surface area contributed by atoms with E-state index in [1.54, 1.807) is 11.6 Å². The van der Waals surface area contributed by atoms with Gasteiger partial charge in [0.1, 0.15) is 12.2 Å². The number of hydrogen-bond acceptors (Lipinski definition) is 6. The van der Waals surface area contributed by atoms with Crippen LogP contribution in [-0.4, -0.2) is 36.0 Å². The van der Waals surface area contributed by atoms with Crippen molar-refractivity contribution in [2.75, 3.05) is 6.54 Å². The van der Waals surface area contributed by atoms with E-state index in [-0.39, 0.29) is 17.4 Å². The van der Waals surface area contributed by atoms with E-state index in [1.165, 1.54) is 18.5 Å². The summed E-state index contributed by atoms with van der Waals surface area (Å²) in [6.07, 6.45) is 2.38. The van der Waals surface area contributed by atoms with Crippen molar-refractivity contribution in [3.8, 4) is 0 Å². The topological polar surface area (TPSA) is 107 Å². The molecule has 0 aliphatic carbocycles. The Labute approximate surface area is 109 Å². The van der Waals surface area contributed by atoms with E-state index in [2.05, 4.69) is 14.9 Å². The molecule has 2 heterocycles. The number of aromatic nitrogens is 3. The molecule has 0 atom stereocenters. The summed E-state index contributed by atoms with van der Waals surface area (Å²) in [6, 6.07) is 2.53. The van der Waals surface area contributed by atoms with E-state index in [1.807, 2.05) is 0 Å². The van der Waals surface area contributed by atoms with Gasteiger partial charge in [0.25, 0.3) is 10.0 Å². The first kappa shape index (κ1) is 13.4. The number of hydrogen-bond donors (Lipinski definition) is 1. The van der Waals surface area contributed by atoms with E-state index >= 15 is 0 Å². The highest BCUT2D eigenvalue weighted by molar-refractivity contribution is 7.89. The van der Waals surface area contributed by atoms with Gasteiger partial charge in [-0.15, -0.1) is 10.2 Å². The lowest BCUT2D eigenvalue weighted by Gasteiger charge is -2.03. The molecule has 2 aromatic heterocycles. The second-order valence-corrected chi connectivity index (χ2v) is 5.48. The molecule has 0 unspecified atom stereocenters. The van der Waals surface area contributed by atoms with Crippen LogP contribution in [0.2, 0.25) is 0 Å². The molecular weight excluding hydrogens is 272 g/mol. The Morgan fingerprint density at radius 3 is 2.84 bits per heavy atom. The number of rotatable bonds is 6. The van der Waals surface area contributed by atoms with Gasteiger partial charge in [-0.05, 0) is 12.1 Å². The van der Waals surface area contributed by atoms with Crippen LogP contribution < -0.4 is 4.72 Å². The Morgan fingerprint density at radius 2 is 2.26 bits per heavy atom. The van der Waals surface area contributed by atoms with Gasteiger partial charge in [0, 0.05) is 20.0 Å². The molecule has 8 nitrogen and oxygen atoms in total. The summed E-state index contributed by atoms with van der Waals surface area (Å²) in [6.45, 7) is 0.159. The minimum atomic E-state index is -3.75. The SMILES string of the molecule is Cn1cnnc1CCNS(=O)(=O)c1ccc(C=O)o1. The van der Waals surface area contributed by atoms with Crippen LogP contribution in [0.1, 0.15) is 16.4 Å². The van der Waals surface area contributed by atoms with Crippen molar-refractivity contribution in [3.05, 3.63) is 30.0 Å². The third-order valence-electron chi connectivity index (χ3n) is 2.43. The van der Waals surface area contributed by atoms with Crippen LogP contribution in [0.15, 0.2) is 28.0 Å². The Kier molecular flexibility index (Phi) is 3.76. The fraction of sp³-hybridized carbons (Fsp3) is 0.300. The minimum absolute atomic E-state index is 0.0336. The molecule has 1 N–H and O–H groups in total. The van der Waals surface area contributed by atoms with Crippen LogP contribution in [0, 0.1) is 0 Å². The quantitative estimate of drug-likeness (QED) is 0.732. The van der Waals surface area contributed by atoms with Gasteiger partial charge in [-0.3, -0.25) is 4.79 Å². The number of aldehydes is 1. The molecule has 19 heavy (non-hydrogen) atoms. The molecular formula is C10H12N4O4S. The zero-order chi connectivity index (χ0) is 13.9. The van der Waals surface area contributed by atoms with Crippen molar-refractivity contribution < 1.29 is 17.6 Å². The molecule has 0 aliphatic heterocycles. The van der Waals surface area contributed by atoms with Crippen molar-refractivity contribution in [1.29, 1.82) is 0 Å². The van der Waals surface area contributed by atoms with Gasteiger partial charge >= 0.3 is 0 Å². The number of carbonyl (C=O) groups is 1. The molecule has 0 aliphatic rings. The Morgan fingerprint density at radius 1 is 1.47 bits per heavy atom. The third kappa shape index (κ3) is 3.06. The van der Waals surface area contributed by atoms with Gasteiger partial charge in [-0.25, -0.2) is 13.1 Å². The van der Waals surface area contributed by atoms with Crippen molar-refractivity contribution >= 4 is 16.3 Å². The van der Waals surface area contributed by atoms with Gasteiger partial charge < -0.3 is 8.98 Å². The van der Waals surface area contributed by atoms with E-state index in [9.17, 15) is 13.2 Å². The van der Waals surface area contributed by atoms with Crippen molar-refractivity contribution in [3.63, 3.8) is 0 Å². The molecule has 0 aromatic carbocycles. The van der Waals surface area contributed by atoms with Gasteiger partial charge in [0.05, 0.1) is 0 Å². The second kappa shape index (κ2) is 5.33. The number of carbonyl (C=O) groups excluding carboxylic acids is 1. The van der Waals surface area contributed by atoms with Gasteiger partial charge in [0.15, 0.2) is 12.0 Å². The van der Waals surface area contributed by atoms with E-state index in [0.29, 0.717) is 18.5 Å². The molecule has 9 heteroatoms. The summed E-state index contributed by atoms with van der Waals surface area (Å²) < 4.78 is 32.5. The normalized spacial score (nSPS) is 11.6. The largest absolute Gasteiger partial charge is 0.440 e. The molecule has 0 amide bonds. The van der Waals surface area contributed by atoms with Crippen LogP contribution in [0.5, 0.6) is 0 Å².